The molecule has 2 aliphatic rings. The number of rotatable bonds is 1. The van der Waals surface area contributed by atoms with Crippen LogP contribution in [0.3, 0.4) is 0 Å². The lowest BCUT2D eigenvalue weighted by Crippen LogP contribution is -2.55. The molecule has 4 rings (SSSR count). The molecule has 4 heteroatoms. The van der Waals surface area contributed by atoms with Crippen LogP contribution in [-0.4, -0.2) is 28.1 Å². The number of benzene rings is 1. The first kappa shape index (κ1) is 12.7. The van der Waals surface area contributed by atoms with E-state index in [1.54, 1.807) is 0 Å². The molecule has 2 atom stereocenters. The van der Waals surface area contributed by atoms with E-state index in [4.69, 9.17) is 4.74 Å². The van der Waals surface area contributed by atoms with Crippen molar-refractivity contribution >= 4 is 17.0 Å². The van der Waals surface area contributed by atoms with Gasteiger partial charge in [0.15, 0.2) is 0 Å². The molecule has 0 saturated carbocycles. The summed E-state index contributed by atoms with van der Waals surface area (Å²) in [5.41, 5.74) is 2.70. The Kier molecular flexibility index (Phi) is 2.31. The standard InChI is InChI=1S/C17H20N2O2/c1-4-16(2)17(3)14-12(9-10-19(17)15(20)21-16)11-7-5-6-8-13(11)18-14/h5-8,18H,4,9-10H2,1-3H3/t16-,17-/m1/s1. The van der Waals surface area contributed by atoms with Gasteiger partial charge in [0.25, 0.3) is 0 Å². The molecule has 21 heavy (non-hydrogen) atoms. The van der Waals surface area contributed by atoms with Crippen molar-refractivity contribution < 1.29 is 9.53 Å². The van der Waals surface area contributed by atoms with E-state index in [9.17, 15) is 4.79 Å². The van der Waals surface area contributed by atoms with E-state index in [0.29, 0.717) is 0 Å². The van der Waals surface area contributed by atoms with Crippen LogP contribution in [0, 0.1) is 0 Å². The SMILES string of the molecule is CC[C@@]1(C)OC(=O)N2CCc3c([nH]c4ccccc34)[C@@]21C. The molecule has 2 aliphatic heterocycles. The van der Waals surface area contributed by atoms with Gasteiger partial charge in [-0.2, -0.15) is 0 Å². The molecule has 110 valence electrons. The summed E-state index contributed by atoms with van der Waals surface area (Å²) in [6.07, 6.45) is 1.48. The van der Waals surface area contributed by atoms with Crippen molar-refractivity contribution in [2.24, 2.45) is 0 Å². The molecule has 1 aromatic carbocycles. The maximum atomic E-state index is 12.3. The highest BCUT2D eigenvalue weighted by Gasteiger charge is 2.62. The number of hydrogen-bond donors (Lipinski definition) is 1. The summed E-state index contributed by atoms with van der Waals surface area (Å²) in [6, 6.07) is 8.37. The zero-order valence-electron chi connectivity index (χ0n) is 12.7. The van der Waals surface area contributed by atoms with Gasteiger partial charge in [-0.15, -0.1) is 0 Å². The van der Waals surface area contributed by atoms with Crippen LogP contribution in [0.5, 0.6) is 0 Å². The number of hydrogen-bond acceptors (Lipinski definition) is 2. The average molecular weight is 284 g/mol. The number of nitrogens with zero attached hydrogens (tertiary/aromatic N) is 1. The average Bonchev–Trinajstić information content (AvgIpc) is 2.95. The zero-order valence-corrected chi connectivity index (χ0v) is 12.7. The van der Waals surface area contributed by atoms with Gasteiger partial charge in [0.2, 0.25) is 0 Å². The fourth-order valence-corrected chi connectivity index (χ4v) is 4.04. The van der Waals surface area contributed by atoms with E-state index in [2.05, 4.69) is 37.0 Å². The molecular weight excluding hydrogens is 264 g/mol. The second-order valence-electron chi connectivity index (χ2n) is 6.45. The number of aromatic nitrogens is 1. The third-order valence-electron chi connectivity index (χ3n) is 5.66. The summed E-state index contributed by atoms with van der Waals surface area (Å²) in [7, 11) is 0. The Morgan fingerprint density at radius 1 is 1.33 bits per heavy atom. The van der Waals surface area contributed by atoms with Crippen LogP contribution in [0.15, 0.2) is 24.3 Å². The van der Waals surface area contributed by atoms with Crippen molar-refractivity contribution in [2.45, 2.75) is 44.8 Å². The van der Waals surface area contributed by atoms with Gasteiger partial charge in [-0.1, -0.05) is 25.1 Å². The summed E-state index contributed by atoms with van der Waals surface area (Å²) in [6.45, 7) is 6.99. The van der Waals surface area contributed by atoms with E-state index >= 15 is 0 Å². The molecule has 1 N–H and O–H groups in total. The number of carbonyl (C=O) groups excluding carboxylic acids is 1. The summed E-state index contributed by atoms with van der Waals surface area (Å²) >= 11 is 0. The van der Waals surface area contributed by atoms with Gasteiger partial charge in [0, 0.05) is 23.1 Å². The molecule has 1 aromatic heterocycles. The number of ether oxygens (including phenoxy) is 1. The van der Waals surface area contributed by atoms with Crippen molar-refractivity contribution in [3.8, 4) is 0 Å². The van der Waals surface area contributed by atoms with Crippen LogP contribution < -0.4 is 0 Å². The molecule has 1 saturated heterocycles. The molecule has 4 nitrogen and oxygen atoms in total. The quantitative estimate of drug-likeness (QED) is 0.870. The fourth-order valence-electron chi connectivity index (χ4n) is 4.04. The van der Waals surface area contributed by atoms with Gasteiger partial charge in [0.1, 0.15) is 11.1 Å². The molecule has 1 fully saturated rings. The fraction of sp³-hybridized carbons (Fsp3) is 0.471. The Morgan fingerprint density at radius 3 is 2.86 bits per heavy atom. The van der Waals surface area contributed by atoms with Gasteiger partial charge in [-0.3, -0.25) is 4.90 Å². The Morgan fingerprint density at radius 2 is 2.10 bits per heavy atom. The number of aromatic amines is 1. The molecule has 2 aromatic rings. The highest BCUT2D eigenvalue weighted by molar-refractivity contribution is 5.86. The second kappa shape index (κ2) is 3.81. The molecule has 0 bridgehead atoms. The lowest BCUT2D eigenvalue weighted by molar-refractivity contribution is -0.00297. The molecule has 0 aliphatic carbocycles. The van der Waals surface area contributed by atoms with E-state index in [-0.39, 0.29) is 6.09 Å². The maximum Gasteiger partial charge on any atom is 0.411 e. The van der Waals surface area contributed by atoms with Gasteiger partial charge < -0.3 is 9.72 Å². The van der Waals surface area contributed by atoms with E-state index < -0.39 is 11.1 Å². The first-order valence-electron chi connectivity index (χ1n) is 7.62. The largest absolute Gasteiger partial charge is 0.440 e. The molecular formula is C17H20N2O2. The van der Waals surface area contributed by atoms with Crippen molar-refractivity contribution in [1.29, 1.82) is 0 Å². The van der Waals surface area contributed by atoms with Crippen molar-refractivity contribution in [2.75, 3.05) is 6.54 Å². The summed E-state index contributed by atoms with van der Waals surface area (Å²) in [5.74, 6) is 0. The molecule has 1 amide bonds. The van der Waals surface area contributed by atoms with E-state index in [1.807, 2.05) is 17.9 Å². The minimum absolute atomic E-state index is 0.189. The van der Waals surface area contributed by atoms with Crippen molar-refractivity contribution in [3.05, 3.63) is 35.5 Å². The van der Waals surface area contributed by atoms with Crippen LogP contribution >= 0.6 is 0 Å². The zero-order chi connectivity index (χ0) is 14.8. The van der Waals surface area contributed by atoms with Gasteiger partial charge in [-0.25, -0.2) is 4.79 Å². The number of nitrogens with one attached hydrogen (secondary N) is 1. The molecule has 0 radical (unpaired) electrons. The van der Waals surface area contributed by atoms with E-state index in [0.717, 1.165) is 30.6 Å². The van der Waals surface area contributed by atoms with Crippen molar-refractivity contribution in [3.63, 3.8) is 0 Å². The highest BCUT2D eigenvalue weighted by Crippen LogP contribution is 2.52. The number of amides is 1. The summed E-state index contributed by atoms with van der Waals surface area (Å²) < 4.78 is 5.77. The Bertz CT molecular complexity index is 750. The topological polar surface area (TPSA) is 45.3 Å². The van der Waals surface area contributed by atoms with Crippen LogP contribution in [0.2, 0.25) is 0 Å². The highest BCUT2D eigenvalue weighted by atomic mass is 16.6. The Hall–Kier alpha value is -1.97. The minimum Gasteiger partial charge on any atom is -0.440 e. The third-order valence-corrected chi connectivity index (χ3v) is 5.66. The van der Waals surface area contributed by atoms with Crippen LogP contribution in [-0.2, 0) is 16.7 Å². The van der Waals surface area contributed by atoms with Gasteiger partial charge >= 0.3 is 6.09 Å². The van der Waals surface area contributed by atoms with Crippen molar-refractivity contribution in [1.82, 2.24) is 9.88 Å². The number of H-pyrrole nitrogens is 1. The molecule has 0 unspecified atom stereocenters. The minimum atomic E-state index is -0.500. The molecule has 3 heterocycles. The smallest absolute Gasteiger partial charge is 0.411 e. The summed E-state index contributed by atoms with van der Waals surface area (Å²) in [4.78, 5) is 17.8. The summed E-state index contributed by atoms with van der Waals surface area (Å²) in [5, 5.41) is 1.27. The van der Waals surface area contributed by atoms with Gasteiger partial charge in [0.05, 0.1) is 0 Å². The van der Waals surface area contributed by atoms with E-state index in [1.165, 1.54) is 10.9 Å². The first-order valence-corrected chi connectivity index (χ1v) is 7.62. The predicted octanol–water partition coefficient (Wildman–Crippen LogP) is 3.56. The number of para-hydroxylation sites is 1. The molecule has 0 spiro atoms. The monoisotopic (exact) mass is 284 g/mol. The number of fused-ring (bicyclic) bond motifs is 5. The first-order chi connectivity index (χ1) is 10.0. The predicted molar refractivity (Wildman–Crippen MR) is 81.2 cm³/mol. The number of carbonyl (C=O) groups is 1. The Labute approximate surface area is 124 Å². The third kappa shape index (κ3) is 1.33. The second-order valence-corrected chi connectivity index (χ2v) is 6.45. The maximum absolute atomic E-state index is 12.3. The van der Waals surface area contributed by atoms with Crippen LogP contribution in [0.4, 0.5) is 4.79 Å². The van der Waals surface area contributed by atoms with Crippen LogP contribution in [0.1, 0.15) is 38.4 Å². The number of cyclic esters (lactones) is 1. The van der Waals surface area contributed by atoms with Gasteiger partial charge in [-0.05, 0) is 38.3 Å². The lowest BCUT2D eigenvalue weighted by Gasteiger charge is -2.44. The Balaban J connectivity index is 2.03. The van der Waals surface area contributed by atoms with Crippen LogP contribution in [0.25, 0.3) is 10.9 Å². The normalized spacial score (nSPS) is 31.2. The lowest BCUT2D eigenvalue weighted by atomic mass is 9.74.